The molecule has 4 rings (SSSR count). The van der Waals surface area contributed by atoms with Crippen molar-refractivity contribution in [3.63, 3.8) is 0 Å². The molecule has 0 bridgehead atoms. The van der Waals surface area contributed by atoms with Crippen LogP contribution in [0.4, 0.5) is 0 Å². The smallest absolute Gasteiger partial charge is 0.262 e. The van der Waals surface area contributed by atoms with E-state index >= 15 is 0 Å². The molecule has 2 aliphatic heterocycles. The van der Waals surface area contributed by atoms with Gasteiger partial charge < -0.3 is 0 Å². The van der Waals surface area contributed by atoms with Crippen LogP contribution in [-0.4, -0.2) is 39.6 Å². The van der Waals surface area contributed by atoms with Crippen LogP contribution in [0.2, 0.25) is 0 Å². The highest BCUT2D eigenvalue weighted by Gasteiger charge is 2.43. The molecule has 21 heavy (non-hydrogen) atoms. The Morgan fingerprint density at radius 2 is 1.76 bits per heavy atom. The molecule has 0 fully saturated rings. The van der Waals surface area contributed by atoms with Gasteiger partial charge in [0.1, 0.15) is 0 Å². The van der Waals surface area contributed by atoms with Gasteiger partial charge in [-0.05, 0) is 42.2 Å². The summed E-state index contributed by atoms with van der Waals surface area (Å²) in [4.78, 5) is 26.4. The van der Waals surface area contributed by atoms with Crippen molar-refractivity contribution in [2.45, 2.75) is 18.9 Å². The molecule has 0 spiro atoms. The second-order valence-electron chi connectivity index (χ2n) is 5.55. The quantitative estimate of drug-likeness (QED) is 0.800. The van der Waals surface area contributed by atoms with Gasteiger partial charge in [0.15, 0.2) is 0 Å². The first-order chi connectivity index (χ1) is 10.2. The lowest BCUT2D eigenvalue weighted by Gasteiger charge is -2.26. The molecule has 5 heteroatoms. The minimum atomic E-state index is -0.214. The molecule has 1 aromatic rings. The Morgan fingerprint density at radius 3 is 2.43 bits per heavy atom. The molecule has 2 heterocycles. The Hall–Kier alpha value is -2.40. The summed E-state index contributed by atoms with van der Waals surface area (Å²) in [5, 5.41) is 10.6. The maximum absolute atomic E-state index is 12.5. The Labute approximate surface area is 121 Å². The maximum Gasteiger partial charge on any atom is 0.262 e. The van der Waals surface area contributed by atoms with Crippen molar-refractivity contribution in [1.82, 2.24) is 9.96 Å². The molecule has 5 nitrogen and oxygen atoms in total. The van der Waals surface area contributed by atoms with E-state index in [0.29, 0.717) is 17.7 Å². The fourth-order valence-corrected chi connectivity index (χ4v) is 3.42. The van der Waals surface area contributed by atoms with Gasteiger partial charge in [0.25, 0.3) is 11.8 Å². The second kappa shape index (κ2) is 4.30. The van der Waals surface area contributed by atoms with Crippen LogP contribution >= 0.6 is 0 Å². The number of rotatable bonds is 1. The fourth-order valence-electron chi connectivity index (χ4n) is 3.42. The second-order valence-corrected chi connectivity index (χ2v) is 5.55. The standard InChI is InChI=1S/C16H14N2O3/c19-15-12-3-1-2-4-13(12)16(20)18(15)14-6-5-10-9-17(21)8-7-11(10)14/h1-4,7-8,14,21H,5-6,9H2/t14-/m1/s1. The molecule has 0 unspecified atom stereocenters. The van der Waals surface area contributed by atoms with Gasteiger partial charge in [-0.1, -0.05) is 12.1 Å². The van der Waals surface area contributed by atoms with Crippen LogP contribution in [0.3, 0.4) is 0 Å². The zero-order valence-corrected chi connectivity index (χ0v) is 11.3. The Morgan fingerprint density at radius 1 is 1.10 bits per heavy atom. The van der Waals surface area contributed by atoms with Crippen molar-refractivity contribution in [2.75, 3.05) is 6.54 Å². The molecule has 3 aliphatic rings. The highest BCUT2D eigenvalue weighted by Crippen LogP contribution is 2.37. The van der Waals surface area contributed by atoms with Gasteiger partial charge >= 0.3 is 0 Å². The third-order valence-corrected chi connectivity index (χ3v) is 4.40. The Bertz CT molecular complexity index is 685. The van der Waals surface area contributed by atoms with E-state index in [2.05, 4.69) is 0 Å². The van der Waals surface area contributed by atoms with Crippen LogP contribution < -0.4 is 0 Å². The van der Waals surface area contributed by atoms with E-state index < -0.39 is 0 Å². The lowest BCUT2D eigenvalue weighted by molar-refractivity contribution is -0.0335. The minimum absolute atomic E-state index is 0.211. The molecule has 1 N–H and O–H groups in total. The van der Waals surface area contributed by atoms with Gasteiger partial charge in [-0.25, -0.2) is 0 Å². The van der Waals surface area contributed by atoms with Crippen LogP contribution in [0, 0.1) is 0 Å². The predicted molar refractivity (Wildman–Crippen MR) is 74.6 cm³/mol. The number of hydrogen-bond acceptors (Lipinski definition) is 4. The highest BCUT2D eigenvalue weighted by molar-refractivity contribution is 6.21. The summed E-state index contributed by atoms with van der Waals surface area (Å²) < 4.78 is 0. The minimum Gasteiger partial charge on any atom is -0.289 e. The highest BCUT2D eigenvalue weighted by atomic mass is 16.5. The normalized spacial score (nSPS) is 24.0. The first-order valence-electron chi connectivity index (χ1n) is 6.99. The zero-order valence-electron chi connectivity index (χ0n) is 11.3. The number of imide groups is 1. The molecule has 0 saturated heterocycles. The maximum atomic E-state index is 12.5. The van der Waals surface area contributed by atoms with E-state index in [-0.39, 0.29) is 17.9 Å². The van der Waals surface area contributed by atoms with Gasteiger partial charge in [-0.15, -0.1) is 0 Å². The number of fused-ring (bicyclic) bond motifs is 1. The summed E-state index contributed by atoms with van der Waals surface area (Å²) in [5.41, 5.74) is 3.07. The summed E-state index contributed by atoms with van der Waals surface area (Å²) in [7, 11) is 0. The van der Waals surface area contributed by atoms with Crippen molar-refractivity contribution in [2.24, 2.45) is 0 Å². The number of nitrogens with zero attached hydrogens (tertiary/aromatic N) is 2. The molecule has 0 saturated carbocycles. The predicted octanol–water partition coefficient (Wildman–Crippen LogP) is 1.96. The molecule has 1 atom stereocenters. The Balaban J connectivity index is 1.72. The first kappa shape index (κ1) is 12.3. The van der Waals surface area contributed by atoms with Crippen LogP contribution in [0.1, 0.15) is 33.6 Å². The number of hydroxylamine groups is 2. The zero-order chi connectivity index (χ0) is 14.6. The van der Waals surface area contributed by atoms with Crippen molar-refractivity contribution in [3.8, 4) is 0 Å². The molecular formula is C16H14N2O3. The number of hydrogen-bond donors (Lipinski definition) is 1. The number of carbonyl (C=O) groups is 2. The van der Waals surface area contributed by atoms with Crippen LogP contribution in [0.15, 0.2) is 47.7 Å². The van der Waals surface area contributed by atoms with E-state index in [1.165, 1.54) is 4.90 Å². The SMILES string of the molecule is O=C1c2ccccc2C(=O)N1[C@@H]1CCC2=C1C=CN(O)C2. The molecule has 1 aliphatic carbocycles. The summed E-state index contributed by atoms with van der Waals surface area (Å²) in [6, 6.07) is 6.74. The topological polar surface area (TPSA) is 60.9 Å². The van der Waals surface area contributed by atoms with Gasteiger partial charge in [0, 0.05) is 6.20 Å². The largest absolute Gasteiger partial charge is 0.289 e. The summed E-state index contributed by atoms with van der Waals surface area (Å²) >= 11 is 0. The fraction of sp³-hybridized carbons (Fsp3) is 0.250. The van der Waals surface area contributed by atoms with E-state index in [4.69, 9.17) is 0 Å². The lowest BCUT2D eigenvalue weighted by Crippen LogP contribution is -2.39. The van der Waals surface area contributed by atoms with E-state index in [1.807, 2.05) is 0 Å². The average Bonchev–Trinajstić information content (AvgIpc) is 2.99. The lowest BCUT2D eigenvalue weighted by atomic mass is 10.0. The first-order valence-corrected chi connectivity index (χ1v) is 6.99. The molecule has 0 aromatic heterocycles. The summed E-state index contributed by atoms with van der Waals surface area (Å²) in [6.07, 6.45) is 4.92. The van der Waals surface area contributed by atoms with Gasteiger partial charge in [-0.3, -0.25) is 24.8 Å². The van der Waals surface area contributed by atoms with Gasteiger partial charge in [-0.2, -0.15) is 0 Å². The molecular weight excluding hydrogens is 268 g/mol. The van der Waals surface area contributed by atoms with Gasteiger partial charge in [0.05, 0.1) is 23.7 Å². The number of carbonyl (C=O) groups excluding carboxylic acids is 2. The van der Waals surface area contributed by atoms with Crippen LogP contribution in [-0.2, 0) is 0 Å². The summed E-state index contributed by atoms with van der Waals surface area (Å²) in [5.74, 6) is -0.427. The molecule has 0 radical (unpaired) electrons. The summed E-state index contributed by atoms with van der Waals surface area (Å²) in [6.45, 7) is 0.450. The van der Waals surface area contributed by atoms with Gasteiger partial charge in [0.2, 0.25) is 0 Å². The molecule has 106 valence electrons. The number of amides is 2. The average molecular weight is 282 g/mol. The van der Waals surface area contributed by atoms with E-state index in [1.54, 1.807) is 36.5 Å². The van der Waals surface area contributed by atoms with Crippen LogP contribution in [0.25, 0.3) is 0 Å². The molecule has 2 amide bonds. The van der Waals surface area contributed by atoms with Crippen molar-refractivity contribution >= 4 is 11.8 Å². The van der Waals surface area contributed by atoms with Crippen molar-refractivity contribution in [1.29, 1.82) is 0 Å². The third-order valence-electron chi connectivity index (χ3n) is 4.40. The Kier molecular flexibility index (Phi) is 2.53. The van der Waals surface area contributed by atoms with Crippen LogP contribution in [0.5, 0.6) is 0 Å². The van der Waals surface area contributed by atoms with Crippen molar-refractivity contribution < 1.29 is 14.8 Å². The number of benzene rings is 1. The third kappa shape index (κ3) is 1.67. The molecule has 1 aromatic carbocycles. The van der Waals surface area contributed by atoms with E-state index in [0.717, 1.165) is 29.1 Å². The monoisotopic (exact) mass is 282 g/mol. The van der Waals surface area contributed by atoms with E-state index in [9.17, 15) is 14.8 Å². The van der Waals surface area contributed by atoms with Crippen molar-refractivity contribution in [3.05, 3.63) is 58.8 Å².